The molecule has 6 heteroatoms. The zero-order chi connectivity index (χ0) is 18.0. The highest BCUT2D eigenvalue weighted by molar-refractivity contribution is 9.10. The van der Waals surface area contributed by atoms with Crippen molar-refractivity contribution in [3.63, 3.8) is 0 Å². The van der Waals surface area contributed by atoms with E-state index < -0.39 is 11.8 Å². The lowest BCUT2D eigenvalue weighted by Gasteiger charge is -2.11. The van der Waals surface area contributed by atoms with E-state index >= 15 is 0 Å². The molecule has 0 saturated heterocycles. The van der Waals surface area contributed by atoms with E-state index in [0.717, 1.165) is 5.56 Å². The zero-order valence-corrected chi connectivity index (χ0v) is 14.9. The molecule has 3 rings (SSSR count). The van der Waals surface area contributed by atoms with Crippen molar-refractivity contribution in [1.82, 2.24) is 0 Å². The van der Waals surface area contributed by atoms with Crippen molar-refractivity contribution in [1.29, 1.82) is 0 Å². The molecule has 126 valence electrons. The number of rotatable bonds is 2. The molecule has 0 atom stereocenters. The maximum atomic E-state index is 12.2. The van der Waals surface area contributed by atoms with Gasteiger partial charge in [0.05, 0.1) is 5.69 Å². The van der Waals surface area contributed by atoms with E-state index in [1.165, 1.54) is 0 Å². The fourth-order valence-electron chi connectivity index (χ4n) is 2.48. The summed E-state index contributed by atoms with van der Waals surface area (Å²) in [6.45, 7) is 1.93. The van der Waals surface area contributed by atoms with Gasteiger partial charge < -0.3 is 15.7 Å². The number of aryl methyl sites for hydroxylation is 1. The lowest BCUT2D eigenvalue weighted by Crippen LogP contribution is -2.29. The van der Waals surface area contributed by atoms with E-state index in [4.69, 9.17) is 0 Å². The number of hydrogen-bond donors (Lipinski definition) is 3. The average molecular weight is 399 g/mol. The number of nitrogens with one attached hydrogen (secondary N) is 2. The summed E-state index contributed by atoms with van der Waals surface area (Å²) in [5.41, 5.74) is 2.00. The number of hydrogen-bond acceptors (Lipinski definition) is 3. The first-order valence-electron chi connectivity index (χ1n) is 7.55. The number of anilines is 2. The molecule has 0 spiro atoms. The molecule has 0 heterocycles. The Balaban J connectivity index is 1.80. The van der Waals surface area contributed by atoms with Gasteiger partial charge in [0.25, 0.3) is 0 Å². The number of benzene rings is 3. The number of carbonyl (C=O) groups excluding carboxylic acids is 2. The van der Waals surface area contributed by atoms with Gasteiger partial charge in [-0.3, -0.25) is 9.59 Å². The van der Waals surface area contributed by atoms with E-state index in [1.54, 1.807) is 42.5 Å². The number of halogens is 1. The molecule has 5 nitrogen and oxygen atoms in total. The molecular formula is C19H15BrN2O3. The second-order valence-electron chi connectivity index (χ2n) is 5.57. The van der Waals surface area contributed by atoms with Gasteiger partial charge in [0.2, 0.25) is 0 Å². The summed E-state index contributed by atoms with van der Waals surface area (Å²) < 4.78 is 0.698. The molecule has 0 aliphatic rings. The molecule has 0 unspecified atom stereocenters. The van der Waals surface area contributed by atoms with Gasteiger partial charge in [-0.05, 0) is 52.7 Å². The minimum absolute atomic E-state index is 0.113. The third-order valence-electron chi connectivity index (χ3n) is 3.73. The second kappa shape index (κ2) is 6.94. The fourth-order valence-corrected chi connectivity index (χ4v) is 3.07. The highest BCUT2D eigenvalue weighted by atomic mass is 79.9. The Morgan fingerprint density at radius 1 is 0.880 bits per heavy atom. The maximum Gasteiger partial charge on any atom is 0.314 e. The first-order valence-corrected chi connectivity index (χ1v) is 8.34. The van der Waals surface area contributed by atoms with Gasteiger partial charge in [-0.25, -0.2) is 0 Å². The minimum Gasteiger partial charge on any atom is -0.507 e. The predicted molar refractivity (Wildman–Crippen MR) is 102 cm³/mol. The van der Waals surface area contributed by atoms with Crippen molar-refractivity contribution in [3.05, 3.63) is 64.6 Å². The molecule has 0 saturated carbocycles. The quantitative estimate of drug-likeness (QED) is 0.566. The van der Waals surface area contributed by atoms with Crippen LogP contribution in [0.4, 0.5) is 11.4 Å². The predicted octanol–water partition coefficient (Wildman–Crippen LogP) is 4.19. The first-order chi connectivity index (χ1) is 12.0. The molecule has 3 aromatic carbocycles. The molecule has 0 bridgehead atoms. The number of amides is 2. The van der Waals surface area contributed by atoms with E-state index in [9.17, 15) is 14.7 Å². The van der Waals surface area contributed by atoms with Gasteiger partial charge in [-0.2, -0.15) is 0 Å². The Hall–Kier alpha value is -2.86. The van der Waals surface area contributed by atoms with Crippen LogP contribution in [-0.2, 0) is 9.59 Å². The highest BCUT2D eigenvalue weighted by Gasteiger charge is 2.16. The largest absolute Gasteiger partial charge is 0.507 e. The van der Waals surface area contributed by atoms with E-state index in [0.29, 0.717) is 26.6 Å². The summed E-state index contributed by atoms with van der Waals surface area (Å²) in [6.07, 6.45) is 0. The molecule has 25 heavy (non-hydrogen) atoms. The van der Waals surface area contributed by atoms with Crippen LogP contribution in [0.5, 0.6) is 5.75 Å². The van der Waals surface area contributed by atoms with E-state index in [1.807, 2.05) is 19.1 Å². The Bertz CT molecular complexity index is 986. The van der Waals surface area contributed by atoms with Crippen molar-refractivity contribution in [2.45, 2.75) is 6.92 Å². The SMILES string of the molecule is Cc1ccc(NC(=O)C(=O)Nc2cccc3c(O)cccc23)c(Br)c1. The fraction of sp³-hybridized carbons (Fsp3) is 0.0526. The van der Waals surface area contributed by atoms with Crippen LogP contribution in [0.3, 0.4) is 0 Å². The number of carbonyl (C=O) groups is 2. The average Bonchev–Trinajstić information content (AvgIpc) is 2.58. The summed E-state index contributed by atoms with van der Waals surface area (Å²) in [7, 11) is 0. The van der Waals surface area contributed by atoms with Gasteiger partial charge >= 0.3 is 11.8 Å². The molecular weight excluding hydrogens is 384 g/mol. The van der Waals surface area contributed by atoms with Gasteiger partial charge in [-0.1, -0.05) is 30.3 Å². The smallest absolute Gasteiger partial charge is 0.314 e. The third kappa shape index (κ3) is 3.64. The van der Waals surface area contributed by atoms with Gasteiger partial charge in [0.1, 0.15) is 5.75 Å². The van der Waals surface area contributed by atoms with Crippen molar-refractivity contribution >= 4 is 49.9 Å². The van der Waals surface area contributed by atoms with Crippen molar-refractivity contribution in [2.24, 2.45) is 0 Å². The molecule has 0 radical (unpaired) electrons. The summed E-state index contributed by atoms with van der Waals surface area (Å²) in [5.74, 6) is -1.45. The first kappa shape index (κ1) is 17.0. The van der Waals surface area contributed by atoms with Crippen LogP contribution >= 0.6 is 15.9 Å². The van der Waals surface area contributed by atoms with Crippen molar-refractivity contribution in [3.8, 4) is 5.75 Å². The van der Waals surface area contributed by atoms with Crippen LogP contribution in [0.25, 0.3) is 10.8 Å². The molecule has 0 aromatic heterocycles. The number of fused-ring (bicyclic) bond motifs is 1. The normalized spacial score (nSPS) is 10.5. The summed E-state index contributed by atoms with van der Waals surface area (Å²) in [4.78, 5) is 24.4. The Labute approximate surface area is 152 Å². The second-order valence-corrected chi connectivity index (χ2v) is 6.42. The van der Waals surface area contributed by atoms with Gasteiger partial charge in [0.15, 0.2) is 0 Å². The molecule has 3 N–H and O–H groups in total. The van der Waals surface area contributed by atoms with Gasteiger partial charge in [0, 0.05) is 20.9 Å². The van der Waals surface area contributed by atoms with Crippen LogP contribution in [0.15, 0.2) is 59.1 Å². The summed E-state index contributed by atoms with van der Waals surface area (Å²) in [6, 6.07) is 15.5. The van der Waals surface area contributed by atoms with E-state index in [-0.39, 0.29) is 5.75 Å². The van der Waals surface area contributed by atoms with Crippen LogP contribution < -0.4 is 10.6 Å². The Morgan fingerprint density at radius 2 is 1.52 bits per heavy atom. The lowest BCUT2D eigenvalue weighted by atomic mass is 10.1. The molecule has 0 aliphatic heterocycles. The number of phenolic OH excluding ortho intramolecular Hbond substituents is 1. The number of phenols is 1. The molecule has 2 amide bonds. The highest BCUT2D eigenvalue weighted by Crippen LogP contribution is 2.30. The standard InChI is InChI=1S/C19H15BrN2O3/c1-11-8-9-16(14(20)10-11)22-19(25)18(24)21-15-6-2-5-13-12(15)4-3-7-17(13)23/h2-10,23H,1H3,(H,21,24)(H,22,25). The van der Waals surface area contributed by atoms with Crippen molar-refractivity contribution in [2.75, 3.05) is 10.6 Å². The van der Waals surface area contributed by atoms with E-state index in [2.05, 4.69) is 26.6 Å². The van der Waals surface area contributed by atoms with Crippen LogP contribution in [-0.4, -0.2) is 16.9 Å². The van der Waals surface area contributed by atoms with Gasteiger partial charge in [-0.15, -0.1) is 0 Å². The van der Waals surface area contributed by atoms with Crippen LogP contribution in [0, 0.1) is 6.92 Å². The molecule has 3 aromatic rings. The minimum atomic E-state index is -0.789. The Kier molecular flexibility index (Phi) is 4.72. The van der Waals surface area contributed by atoms with Crippen LogP contribution in [0.2, 0.25) is 0 Å². The summed E-state index contributed by atoms with van der Waals surface area (Å²) >= 11 is 3.36. The van der Waals surface area contributed by atoms with Crippen molar-refractivity contribution < 1.29 is 14.7 Å². The zero-order valence-electron chi connectivity index (χ0n) is 13.3. The summed E-state index contributed by atoms with van der Waals surface area (Å²) in [5, 5.41) is 16.3. The maximum absolute atomic E-state index is 12.2. The third-order valence-corrected chi connectivity index (χ3v) is 4.38. The Morgan fingerprint density at radius 3 is 2.24 bits per heavy atom. The topological polar surface area (TPSA) is 78.4 Å². The number of aromatic hydroxyl groups is 1. The monoisotopic (exact) mass is 398 g/mol. The van der Waals surface area contributed by atoms with Crippen LogP contribution in [0.1, 0.15) is 5.56 Å². The molecule has 0 fully saturated rings. The molecule has 0 aliphatic carbocycles. The lowest BCUT2D eigenvalue weighted by molar-refractivity contribution is -0.132.